The summed E-state index contributed by atoms with van der Waals surface area (Å²) in [6.07, 6.45) is 1.21. The van der Waals surface area contributed by atoms with Crippen LogP contribution in [0.1, 0.15) is 24.4 Å². The van der Waals surface area contributed by atoms with Crippen LogP contribution in [0.2, 0.25) is 0 Å². The van der Waals surface area contributed by atoms with Crippen molar-refractivity contribution in [2.24, 2.45) is 0 Å². The molecule has 0 bridgehead atoms. The van der Waals surface area contributed by atoms with E-state index in [1.54, 1.807) is 7.11 Å². The number of aromatic amines is 1. The van der Waals surface area contributed by atoms with Crippen LogP contribution in [0.15, 0.2) is 18.2 Å². The van der Waals surface area contributed by atoms with E-state index in [-0.39, 0.29) is 0 Å². The fraction of sp³-hybridized carbons (Fsp3) is 0.467. The Labute approximate surface area is 123 Å². The second kappa shape index (κ2) is 5.58. The van der Waals surface area contributed by atoms with E-state index in [0.29, 0.717) is 10.6 Å². The zero-order valence-corrected chi connectivity index (χ0v) is 12.9. The number of hydrogen-bond donors (Lipinski definition) is 3. The van der Waals surface area contributed by atoms with E-state index in [1.807, 2.05) is 24.9 Å². The lowest BCUT2D eigenvalue weighted by atomic mass is 10.2. The van der Waals surface area contributed by atoms with E-state index in [0.717, 1.165) is 23.5 Å². The molecule has 1 saturated heterocycles. The van der Waals surface area contributed by atoms with Gasteiger partial charge in [0.2, 0.25) is 0 Å². The maximum absolute atomic E-state index is 5.36. The summed E-state index contributed by atoms with van der Waals surface area (Å²) in [5.74, 6) is 0.880. The molecule has 108 valence electrons. The quantitative estimate of drug-likeness (QED) is 0.808. The van der Waals surface area contributed by atoms with Crippen molar-refractivity contribution in [1.29, 1.82) is 0 Å². The number of benzene rings is 1. The van der Waals surface area contributed by atoms with Crippen molar-refractivity contribution in [3.63, 3.8) is 0 Å². The van der Waals surface area contributed by atoms with E-state index >= 15 is 0 Å². The summed E-state index contributed by atoms with van der Waals surface area (Å²) in [6.45, 7) is 3.33. The zero-order valence-electron chi connectivity index (χ0n) is 12.1. The predicted molar refractivity (Wildman–Crippen MR) is 86.8 cm³/mol. The first kappa shape index (κ1) is 13.6. The molecule has 1 aliphatic rings. The van der Waals surface area contributed by atoms with Crippen molar-refractivity contribution in [3.05, 3.63) is 23.9 Å². The fourth-order valence-corrected chi connectivity index (χ4v) is 3.88. The lowest BCUT2D eigenvalue weighted by molar-refractivity contribution is 0.415. The summed E-state index contributed by atoms with van der Waals surface area (Å²) in [4.78, 5) is 3.55. The largest absolute Gasteiger partial charge is 0.497 e. The van der Waals surface area contributed by atoms with Crippen LogP contribution in [0.4, 0.5) is 5.69 Å². The van der Waals surface area contributed by atoms with Gasteiger partial charge >= 0.3 is 0 Å². The van der Waals surface area contributed by atoms with Crippen LogP contribution in [0, 0.1) is 0 Å². The minimum absolute atomic E-state index is 0.364. The first-order chi connectivity index (χ1) is 9.75. The monoisotopic (exact) mass is 291 g/mol. The average Bonchev–Trinajstić information content (AvgIpc) is 3.11. The van der Waals surface area contributed by atoms with Gasteiger partial charge in [0, 0.05) is 36.0 Å². The van der Waals surface area contributed by atoms with Gasteiger partial charge in [-0.25, -0.2) is 0 Å². The van der Waals surface area contributed by atoms with Crippen LogP contribution in [-0.4, -0.2) is 30.9 Å². The summed E-state index contributed by atoms with van der Waals surface area (Å²) in [6, 6.07) is 6.32. The molecule has 4 nitrogen and oxygen atoms in total. The zero-order chi connectivity index (χ0) is 14.1. The number of fused-ring (bicyclic) bond motifs is 1. The molecule has 3 N–H and O–H groups in total. The minimum Gasteiger partial charge on any atom is -0.497 e. The summed E-state index contributed by atoms with van der Waals surface area (Å²) in [5, 5.41) is 9.07. The van der Waals surface area contributed by atoms with Crippen molar-refractivity contribution in [2.45, 2.75) is 24.0 Å². The lowest BCUT2D eigenvalue weighted by Crippen LogP contribution is -2.14. The second-order valence-corrected chi connectivity index (χ2v) is 6.48. The Morgan fingerprint density at radius 1 is 1.40 bits per heavy atom. The van der Waals surface area contributed by atoms with Gasteiger partial charge in [-0.2, -0.15) is 0 Å². The SMILES string of the molecule is CCC1CNC(c2cc3cc(OC)cc(NC)c3[nH]2)S1. The molecular weight excluding hydrogens is 270 g/mol. The normalized spacial score (nSPS) is 22.4. The molecule has 0 spiro atoms. The number of nitrogens with one attached hydrogen (secondary N) is 3. The third-order valence-corrected chi connectivity index (χ3v) is 5.40. The maximum Gasteiger partial charge on any atom is 0.121 e. The molecule has 0 radical (unpaired) electrons. The first-order valence-corrected chi connectivity index (χ1v) is 7.96. The van der Waals surface area contributed by atoms with E-state index < -0.39 is 0 Å². The van der Waals surface area contributed by atoms with Crippen molar-refractivity contribution in [2.75, 3.05) is 26.0 Å². The molecule has 2 atom stereocenters. The molecule has 1 aromatic carbocycles. The summed E-state index contributed by atoms with van der Waals surface area (Å²) in [5.41, 5.74) is 3.46. The molecule has 2 aromatic rings. The number of hydrogen-bond acceptors (Lipinski definition) is 4. The van der Waals surface area contributed by atoms with Crippen LogP contribution >= 0.6 is 11.8 Å². The molecule has 0 saturated carbocycles. The molecule has 5 heteroatoms. The number of rotatable bonds is 4. The van der Waals surface area contributed by atoms with Crippen LogP contribution in [-0.2, 0) is 0 Å². The summed E-state index contributed by atoms with van der Waals surface area (Å²) in [7, 11) is 3.64. The highest BCUT2D eigenvalue weighted by molar-refractivity contribution is 8.00. The Balaban J connectivity index is 1.98. The van der Waals surface area contributed by atoms with E-state index in [1.165, 1.54) is 17.5 Å². The Hall–Kier alpha value is -1.33. The van der Waals surface area contributed by atoms with Gasteiger partial charge in [0.1, 0.15) is 5.75 Å². The van der Waals surface area contributed by atoms with Gasteiger partial charge in [0.25, 0.3) is 0 Å². The molecule has 3 rings (SSSR count). The Bertz CT molecular complexity index is 610. The number of methoxy groups -OCH3 is 1. The van der Waals surface area contributed by atoms with Crippen LogP contribution in [0.5, 0.6) is 5.75 Å². The summed E-state index contributed by atoms with van der Waals surface area (Å²) >= 11 is 2.01. The molecule has 1 aromatic heterocycles. The van der Waals surface area contributed by atoms with Crippen LogP contribution < -0.4 is 15.4 Å². The van der Waals surface area contributed by atoms with Crippen molar-refractivity contribution in [3.8, 4) is 5.75 Å². The third kappa shape index (κ3) is 2.36. The lowest BCUT2D eigenvalue weighted by Gasteiger charge is -2.08. The first-order valence-electron chi connectivity index (χ1n) is 7.02. The minimum atomic E-state index is 0.364. The van der Waals surface area contributed by atoms with Gasteiger partial charge in [-0.3, -0.25) is 5.32 Å². The Morgan fingerprint density at radius 3 is 2.90 bits per heavy atom. The fourth-order valence-electron chi connectivity index (χ4n) is 2.65. The molecule has 0 aliphatic carbocycles. The number of ether oxygens (including phenoxy) is 1. The second-order valence-electron chi connectivity index (χ2n) is 5.07. The molecule has 1 aliphatic heterocycles. The number of H-pyrrole nitrogens is 1. The smallest absolute Gasteiger partial charge is 0.121 e. The van der Waals surface area contributed by atoms with Crippen molar-refractivity contribution >= 4 is 28.4 Å². The Morgan fingerprint density at radius 2 is 2.25 bits per heavy atom. The highest BCUT2D eigenvalue weighted by Gasteiger charge is 2.26. The molecule has 20 heavy (non-hydrogen) atoms. The van der Waals surface area contributed by atoms with Gasteiger partial charge in [-0.15, -0.1) is 11.8 Å². The van der Waals surface area contributed by atoms with Crippen molar-refractivity contribution < 1.29 is 4.74 Å². The highest BCUT2D eigenvalue weighted by atomic mass is 32.2. The maximum atomic E-state index is 5.36. The van der Waals surface area contributed by atoms with Crippen LogP contribution in [0.25, 0.3) is 10.9 Å². The van der Waals surface area contributed by atoms with Gasteiger partial charge in [-0.1, -0.05) is 6.92 Å². The third-order valence-electron chi connectivity index (χ3n) is 3.83. The van der Waals surface area contributed by atoms with E-state index in [9.17, 15) is 0 Å². The highest BCUT2D eigenvalue weighted by Crippen LogP contribution is 2.38. The van der Waals surface area contributed by atoms with Gasteiger partial charge in [0.05, 0.1) is 23.7 Å². The van der Waals surface area contributed by atoms with Gasteiger partial charge < -0.3 is 15.0 Å². The van der Waals surface area contributed by atoms with Gasteiger partial charge in [0.15, 0.2) is 0 Å². The molecular formula is C15H21N3OS. The average molecular weight is 291 g/mol. The predicted octanol–water partition coefficient (Wildman–Crippen LogP) is 3.33. The molecule has 1 fully saturated rings. The molecule has 2 unspecified atom stereocenters. The van der Waals surface area contributed by atoms with Gasteiger partial charge in [-0.05, 0) is 18.6 Å². The standard InChI is InChI=1S/C15H21N3OS/c1-4-11-8-17-15(20-11)13-6-9-5-10(19-3)7-12(16-2)14(9)18-13/h5-7,11,15-18H,4,8H2,1-3H3. The molecule has 0 amide bonds. The number of aromatic nitrogens is 1. The molecule has 2 heterocycles. The van der Waals surface area contributed by atoms with E-state index in [2.05, 4.69) is 34.7 Å². The Kier molecular flexibility index (Phi) is 3.81. The number of anilines is 1. The van der Waals surface area contributed by atoms with Crippen molar-refractivity contribution in [1.82, 2.24) is 10.3 Å². The van der Waals surface area contributed by atoms with Crippen LogP contribution in [0.3, 0.4) is 0 Å². The number of thioether (sulfide) groups is 1. The topological polar surface area (TPSA) is 49.1 Å². The summed E-state index contributed by atoms with van der Waals surface area (Å²) < 4.78 is 5.36. The van der Waals surface area contributed by atoms with E-state index in [4.69, 9.17) is 4.74 Å².